The lowest BCUT2D eigenvalue weighted by atomic mass is 10.1. The summed E-state index contributed by atoms with van der Waals surface area (Å²) in [4.78, 5) is 18.9. The zero-order valence-electron chi connectivity index (χ0n) is 11.8. The third kappa shape index (κ3) is 4.23. The molecule has 1 heterocycles. The van der Waals surface area contributed by atoms with E-state index in [9.17, 15) is 4.79 Å². The molecule has 0 saturated heterocycles. The first-order chi connectivity index (χ1) is 9.99. The highest BCUT2D eigenvalue weighted by Gasteiger charge is 2.10. The third-order valence-electron chi connectivity index (χ3n) is 2.91. The fourth-order valence-electron chi connectivity index (χ4n) is 1.90. The number of benzene rings is 1. The van der Waals surface area contributed by atoms with Gasteiger partial charge in [0.15, 0.2) is 5.16 Å². The van der Waals surface area contributed by atoms with Crippen molar-refractivity contribution in [3.63, 3.8) is 0 Å². The quantitative estimate of drug-likeness (QED) is 0.736. The van der Waals surface area contributed by atoms with Gasteiger partial charge in [0.25, 0.3) is 5.56 Å². The second-order valence-corrected chi connectivity index (χ2v) is 5.98. The highest BCUT2D eigenvalue weighted by molar-refractivity contribution is 7.99. The number of nitrogen functional groups attached to an aromatic ring is 1. The Morgan fingerprint density at radius 3 is 2.86 bits per heavy atom. The summed E-state index contributed by atoms with van der Waals surface area (Å²) in [5.74, 6) is 0.190. The Balaban J connectivity index is 2.23. The highest BCUT2D eigenvalue weighted by Crippen LogP contribution is 2.32. The third-order valence-corrected chi connectivity index (χ3v) is 4.30. The number of H-pyrrole nitrogens is 1. The Morgan fingerprint density at radius 2 is 2.24 bits per heavy atom. The molecule has 0 bridgehead atoms. The summed E-state index contributed by atoms with van der Waals surface area (Å²) in [6.07, 6.45) is 0. The Kier molecular flexibility index (Phi) is 5.27. The minimum absolute atomic E-state index is 0.190. The van der Waals surface area contributed by atoms with E-state index in [2.05, 4.69) is 29.1 Å². The lowest BCUT2D eigenvalue weighted by Crippen LogP contribution is -2.17. The average molecular weight is 325 g/mol. The molecule has 0 aliphatic rings. The first-order valence-electron chi connectivity index (χ1n) is 6.57. The molecule has 0 amide bonds. The van der Waals surface area contributed by atoms with Gasteiger partial charge in [-0.05, 0) is 31.2 Å². The molecule has 21 heavy (non-hydrogen) atoms. The Hall–Kier alpha value is -1.50. The van der Waals surface area contributed by atoms with E-state index in [0.717, 1.165) is 17.0 Å². The van der Waals surface area contributed by atoms with Crippen LogP contribution in [0.15, 0.2) is 39.1 Å². The Bertz CT molecular complexity index is 689. The first-order valence-corrected chi connectivity index (χ1v) is 7.76. The summed E-state index contributed by atoms with van der Waals surface area (Å²) in [6.45, 7) is 5.03. The van der Waals surface area contributed by atoms with E-state index < -0.39 is 0 Å². The van der Waals surface area contributed by atoms with Crippen LogP contribution < -0.4 is 16.6 Å². The fraction of sp³-hybridized carbons (Fsp3) is 0.286. The summed E-state index contributed by atoms with van der Waals surface area (Å²) in [6, 6.07) is 7.32. The van der Waals surface area contributed by atoms with E-state index in [0.29, 0.717) is 10.2 Å². The van der Waals surface area contributed by atoms with Crippen LogP contribution in [-0.4, -0.2) is 16.5 Å². The van der Waals surface area contributed by atoms with Crippen molar-refractivity contribution < 1.29 is 0 Å². The molecule has 7 heteroatoms. The van der Waals surface area contributed by atoms with E-state index in [4.69, 9.17) is 17.3 Å². The van der Waals surface area contributed by atoms with Gasteiger partial charge >= 0.3 is 0 Å². The van der Waals surface area contributed by atoms with Crippen molar-refractivity contribution in [1.29, 1.82) is 0 Å². The molecule has 0 radical (unpaired) electrons. The van der Waals surface area contributed by atoms with Crippen molar-refractivity contribution in [2.45, 2.75) is 29.9 Å². The molecular formula is C14H17ClN4OS. The van der Waals surface area contributed by atoms with Gasteiger partial charge in [-0.15, -0.1) is 0 Å². The number of nitrogens with two attached hydrogens (primary N) is 1. The maximum atomic E-state index is 11.4. The molecule has 1 unspecified atom stereocenters. The maximum absolute atomic E-state index is 11.4. The van der Waals surface area contributed by atoms with Crippen molar-refractivity contribution in [1.82, 2.24) is 15.3 Å². The average Bonchev–Trinajstić information content (AvgIpc) is 2.40. The zero-order valence-corrected chi connectivity index (χ0v) is 13.4. The number of hydrogen-bond donors (Lipinski definition) is 3. The van der Waals surface area contributed by atoms with Crippen LogP contribution >= 0.6 is 23.4 Å². The smallest absolute Gasteiger partial charge is 0.253 e. The van der Waals surface area contributed by atoms with Crippen molar-refractivity contribution in [2.24, 2.45) is 0 Å². The lowest BCUT2D eigenvalue weighted by Gasteiger charge is -2.14. The molecule has 0 aliphatic heterocycles. The maximum Gasteiger partial charge on any atom is 0.253 e. The predicted octanol–water partition coefficient (Wildman–Crippen LogP) is 2.83. The number of aromatic nitrogens is 2. The fourth-order valence-corrected chi connectivity index (χ4v) is 3.01. The summed E-state index contributed by atoms with van der Waals surface area (Å²) < 4.78 is 0. The van der Waals surface area contributed by atoms with Crippen molar-refractivity contribution in [3.8, 4) is 0 Å². The van der Waals surface area contributed by atoms with Crippen LogP contribution in [0.3, 0.4) is 0 Å². The Labute approximate surface area is 132 Å². The largest absolute Gasteiger partial charge is 0.383 e. The van der Waals surface area contributed by atoms with Crippen molar-refractivity contribution >= 4 is 29.2 Å². The highest BCUT2D eigenvalue weighted by atomic mass is 35.5. The summed E-state index contributed by atoms with van der Waals surface area (Å²) in [7, 11) is 0. The standard InChI is InChI=1S/C14H17ClN4OS/c1-3-17-8(2)9-4-5-11(10(15)6-9)21-14-18-12(16)7-13(20)19-14/h4-8,17H,3H2,1-2H3,(H3,16,18,19,20). The number of nitrogens with one attached hydrogen (secondary N) is 2. The lowest BCUT2D eigenvalue weighted by molar-refractivity contribution is 0.598. The van der Waals surface area contributed by atoms with Gasteiger partial charge in [0, 0.05) is 17.0 Å². The SMILES string of the molecule is CCNC(C)c1ccc(Sc2nc(N)cc(=O)[nH]2)c(Cl)c1. The molecule has 1 aromatic carbocycles. The second kappa shape index (κ2) is 6.98. The van der Waals surface area contributed by atoms with E-state index >= 15 is 0 Å². The molecule has 112 valence electrons. The zero-order chi connectivity index (χ0) is 15.4. The van der Waals surface area contributed by atoms with Gasteiger partial charge in [-0.3, -0.25) is 4.79 Å². The van der Waals surface area contributed by atoms with Crippen LogP contribution in [0.5, 0.6) is 0 Å². The molecular weight excluding hydrogens is 308 g/mol. The number of nitrogens with zero attached hydrogens (tertiary/aromatic N) is 1. The number of anilines is 1. The molecule has 1 atom stereocenters. The number of aromatic amines is 1. The van der Waals surface area contributed by atoms with Crippen molar-refractivity contribution in [2.75, 3.05) is 12.3 Å². The van der Waals surface area contributed by atoms with Gasteiger partial charge in [0.05, 0.1) is 5.02 Å². The van der Waals surface area contributed by atoms with Crippen LogP contribution in [0.25, 0.3) is 0 Å². The van der Waals surface area contributed by atoms with Crippen LogP contribution in [0.4, 0.5) is 5.82 Å². The van der Waals surface area contributed by atoms with Crippen LogP contribution in [0.1, 0.15) is 25.5 Å². The monoisotopic (exact) mass is 324 g/mol. The molecule has 2 aromatic rings. The van der Waals surface area contributed by atoms with E-state index in [1.165, 1.54) is 17.8 Å². The van der Waals surface area contributed by atoms with Crippen LogP contribution in [0, 0.1) is 0 Å². The minimum Gasteiger partial charge on any atom is -0.383 e. The molecule has 5 nitrogen and oxygen atoms in total. The number of rotatable bonds is 5. The molecule has 4 N–H and O–H groups in total. The first kappa shape index (κ1) is 15.9. The summed E-state index contributed by atoms with van der Waals surface area (Å²) in [5.41, 5.74) is 6.39. The normalized spacial score (nSPS) is 12.3. The molecule has 1 aromatic heterocycles. The van der Waals surface area contributed by atoms with Crippen LogP contribution in [-0.2, 0) is 0 Å². The van der Waals surface area contributed by atoms with E-state index in [1.807, 2.05) is 18.2 Å². The van der Waals surface area contributed by atoms with Crippen LogP contribution in [0.2, 0.25) is 5.02 Å². The molecule has 0 aliphatic carbocycles. The van der Waals surface area contributed by atoms with Gasteiger partial charge in [-0.1, -0.05) is 36.4 Å². The topological polar surface area (TPSA) is 83.8 Å². The minimum atomic E-state index is -0.279. The number of hydrogen-bond acceptors (Lipinski definition) is 5. The van der Waals surface area contributed by atoms with Gasteiger partial charge in [0.1, 0.15) is 5.82 Å². The van der Waals surface area contributed by atoms with E-state index in [-0.39, 0.29) is 17.4 Å². The molecule has 2 rings (SSSR count). The van der Waals surface area contributed by atoms with E-state index in [1.54, 1.807) is 0 Å². The Morgan fingerprint density at radius 1 is 1.48 bits per heavy atom. The van der Waals surface area contributed by atoms with Gasteiger partial charge in [-0.25, -0.2) is 4.98 Å². The molecule has 0 fully saturated rings. The van der Waals surface area contributed by atoms with Gasteiger partial charge in [0.2, 0.25) is 0 Å². The predicted molar refractivity (Wildman–Crippen MR) is 86.9 cm³/mol. The summed E-state index contributed by atoms with van der Waals surface area (Å²) >= 11 is 7.58. The molecule has 0 saturated carbocycles. The summed E-state index contributed by atoms with van der Waals surface area (Å²) in [5, 5.41) is 4.37. The number of halogens is 1. The molecule has 0 spiro atoms. The van der Waals surface area contributed by atoms with Gasteiger partial charge < -0.3 is 16.0 Å². The second-order valence-electron chi connectivity index (χ2n) is 4.55. The van der Waals surface area contributed by atoms with Gasteiger partial charge in [-0.2, -0.15) is 0 Å². The van der Waals surface area contributed by atoms with Crippen molar-refractivity contribution in [3.05, 3.63) is 45.2 Å².